The molecule has 0 saturated heterocycles. The zero-order chi connectivity index (χ0) is 18.2. The summed E-state index contributed by atoms with van der Waals surface area (Å²) in [6.45, 7) is 2.18. The SMILES string of the molecule is CCOc1cccc(-c2cc(C(F)(F)F)n3ncc(C(=O)O)c3n2)c1. The Morgan fingerprint density at radius 1 is 1.32 bits per heavy atom. The van der Waals surface area contributed by atoms with E-state index in [1.54, 1.807) is 31.2 Å². The van der Waals surface area contributed by atoms with E-state index >= 15 is 0 Å². The summed E-state index contributed by atoms with van der Waals surface area (Å²) in [6.07, 6.45) is -3.88. The Morgan fingerprint density at radius 2 is 2.08 bits per heavy atom. The van der Waals surface area contributed by atoms with Gasteiger partial charge in [-0.2, -0.15) is 18.3 Å². The molecule has 0 aliphatic carbocycles. The lowest BCUT2D eigenvalue weighted by atomic mass is 10.1. The molecular formula is C16H12F3N3O3. The zero-order valence-corrected chi connectivity index (χ0v) is 12.9. The lowest BCUT2D eigenvalue weighted by molar-refractivity contribution is -0.142. The molecule has 0 unspecified atom stereocenters. The van der Waals surface area contributed by atoms with Gasteiger partial charge in [-0.3, -0.25) is 0 Å². The molecule has 0 amide bonds. The molecule has 2 aromatic heterocycles. The number of rotatable bonds is 4. The van der Waals surface area contributed by atoms with Crippen LogP contribution in [0.4, 0.5) is 13.2 Å². The van der Waals surface area contributed by atoms with E-state index in [9.17, 15) is 18.0 Å². The average Bonchev–Trinajstić information content (AvgIpc) is 2.97. The van der Waals surface area contributed by atoms with Crippen molar-refractivity contribution in [3.05, 3.63) is 47.8 Å². The average molecular weight is 351 g/mol. The molecule has 0 atom stereocenters. The first-order valence-electron chi connectivity index (χ1n) is 7.23. The number of nitrogens with zero attached hydrogens (tertiary/aromatic N) is 3. The Morgan fingerprint density at radius 3 is 2.72 bits per heavy atom. The second-order valence-corrected chi connectivity index (χ2v) is 5.08. The van der Waals surface area contributed by atoms with E-state index in [1.807, 2.05) is 0 Å². The molecule has 2 heterocycles. The summed E-state index contributed by atoms with van der Waals surface area (Å²) < 4.78 is 45.9. The van der Waals surface area contributed by atoms with Crippen molar-refractivity contribution in [2.75, 3.05) is 6.61 Å². The van der Waals surface area contributed by atoms with Gasteiger partial charge in [0.25, 0.3) is 0 Å². The maximum absolute atomic E-state index is 13.4. The van der Waals surface area contributed by atoms with Crippen LogP contribution in [-0.2, 0) is 6.18 Å². The molecule has 130 valence electrons. The van der Waals surface area contributed by atoms with Crippen LogP contribution in [0.5, 0.6) is 5.75 Å². The van der Waals surface area contributed by atoms with Crippen LogP contribution >= 0.6 is 0 Å². The number of carboxylic acids is 1. The number of halogens is 3. The number of benzene rings is 1. The van der Waals surface area contributed by atoms with Crippen LogP contribution in [0.15, 0.2) is 36.5 Å². The van der Waals surface area contributed by atoms with Gasteiger partial charge in [0.15, 0.2) is 11.3 Å². The van der Waals surface area contributed by atoms with Crippen LogP contribution in [0, 0.1) is 0 Å². The molecule has 0 saturated carbocycles. The molecular weight excluding hydrogens is 339 g/mol. The molecule has 0 aliphatic rings. The predicted octanol–water partition coefficient (Wildman–Crippen LogP) is 3.51. The van der Waals surface area contributed by atoms with Crippen molar-refractivity contribution in [1.29, 1.82) is 0 Å². The smallest absolute Gasteiger partial charge is 0.433 e. The fourth-order valence-corrected chi connectivity index (χ4v) is 2.38. The minimum atomic E-state index is -4.73. The number of aromatic carboxylic acids is 1. The monoisotopic (exact) mass is 351 g/mol. The molecule has 25 heavy (non-hydrogen) atoms. The van der Waals surface area contributed by atoms with Crippen LogP contribution in [0.1, 0.15) is 23.0 Å². The summed E-state index contributed by atoms with van der Waals surface area (Å²) in [5, 5.41) is 12.7. The van der Waals surface area contributed by atoms with E-state index in [-0.39, 0.29) is 11.3 Å². The van der Waals surface area contributed by atoms with E-state index in [0.717, 1.165) is 12.3 Å². The minimum Gasteiger partial charge on any atom is -0.494 e. The van der Waals surface area contributed by atoms with E-state index in [0.29, 0.717) is 22.4 Å². The summed E-state index contributed by atoms with van der Waals surface area (Å²) in [6, 6.07) is 7.22. The van der Waals surface area contributed by atoms with Gasteiger partial charge in [0.1, 0.15) is 11.3 Å². The first-order chi connectivity index (χ1) is 11.8. The third kappa shape index (κ3) is 3.12. The van der Waals surface area contributed by atoms with Gasteiger partial charge >= 0.3 is 12.1 Å². The van der Waals surface area contributed by atoms with Crippen molar-refractivity contribution < 1.29 is 27.8 Å². The highest BCUT2D eigenvalue weighted by atomic mass is 19.4. The van der Waals surface area contributed by atoms with Crippen molar-refractivity contribution in [2.45, 2.75) is 13.1 Å². The molecule has 3 aromatic rings. The maximum Gasteiger partial charge on any atom is 0.433 e. The van der Waals surface area contributed by atoms with Crippen LogP contribution in [0.25, 0.3) is 16.9 Å². The van der Waals surface area contributed by atoms with Crippen molar-refractivity contribution in [3.63, 3.8) is 0 Å². The van der Waals surface area contributed by atoms with Gasteiger partial charge in [0.05, 0.1) is 18.5 Å². The Hall–Kier alpha value is -3.10. The summed E-state index contributed by atoms with van der Waals surface area (Å²) in [4.78, 5) is 15.3. The summed E-state index contributed by atoms with van der Waals surface area (Å²) in [7, 11) is 0. The first kappa shape index (κ1) is 16.7. The fraction of sp³-hybridized carbons (Fsp3) is 0.188. The Balaban J connectivity index is 2.27. The van der Waals surface area contributed by atoms with Crippen molar-refractivity contribution in [1.82, 2.24) is 14.6 Å². The van der Waals surface area contributed by atoms with E-state index in [1.165, 1.54) is 0 Å². The quantitative estimate of drug-likeness (QED) is 0.778. The van der Waals surface area contributed by atoms with Gasteiger partial charge in [-0.1, -0.05) is 12.1 Å². The minimum absolute atomic E-state index is 0.0237. The van der Waals surface area contributed by atoms with Crippen molar-refractivity contribution >= 4 is 11.6 Å². The van der Waals surface area contributed by atoms with Crippen LogP contribution in [-0.4, -0.2) is 32.3 Å². The summed E-state index contributed by atoms with van der Waals surface area (Å²) >= 11 is 0. The highest BCUT2D eigenvalue weighted by molar-refractivity contribution is 5.94. The van der Waals surface area contributed by atoms with Gasteiger partial charge in [-0.05, 0) is 25.1 Å². The van der Waals surface area contributed by atoms with Gasteiger partial charge in [-0.25, -0.2) is 14.3 Å². The number of fused-ring (bicyclic) bond motifs is 1. The molecule has 0 aliphatic heterocycles. The van der Waals surface area contributed by atoms with Crippen molar-refractivity contribution in [2.24, 2.45) is 0 Å². The standard InChI is InChI=1S/C16H12F3N3O3/c1-2-25-10-5-3-4-9(6-10)12-7-13(16(17,18)19)22-14(21-12)11(8-20-22)15(23)24/h3-8H,2H2,1H3,(H,23,24). The molecule has 3 rings (SSSR count). The van der Waals surface area contributed by atoms with Crippen molar-refractivity contribution in [3.8, 4) is 17.0 Å². The largest absolute Gasteiger partial charge is 0.494 e. The third-order valence-electron chi connectivity index (χ3n) is 3.43. The van der Waals surface area contributed by atoms with Gasteiger partial charge < -0.3 is 9.84 Å². The fourth-order valence-electron chi connectivity index (χ4n) is 2.38. The number of alkyl halides is 3. The van der Waals surface area contributed by atoms with Crippen LogP contribution < -0.4 is 4.74 Å². The van der Waals surface area contributed by atoms with E-state index in [2.05, 4.69) is 10.1 Å². The highest BCUT2D eigenvalue weighted by Gasteiger charge is 2.36. The second kappa shape index (κ2) is 6.08. The van der Waals surface area contributed by atoms with Gasteiger partial charge in [0, 0.05) is 5.56 Å². The number of ether oxygens (including phenoxy) is 1. The predicted molar refractivity (Wildman–Crippen MR) is 81.6 cm³/mol. The number of hydrogen-bond acceptors (Lipinski definition) is 4. The molecule has 0 bridgehead atoms. The molecule has 0 spiro atoms. The Labute approximate surface area is 139 Å². The molecule has 0 radical (unpaired) electrons. The molecule has 1 aromatic carbocycles. The lowest BCUT2D eigenvalue weighted by Crippen LogP contribution is -2.14. The zero-order valence-electron chi connectivity index (χ0n) is 12.9. The number of carbonyl (C=O) groups is 1. The Kier molecular flexibility index (Phi) is 4.07. The summed E-state index contributed by atoms with van der Waals surface area (Å²) in [5.41, 5.74) is -1.55. The normalized spacial score (nSPS) is 11.7. The van der Waals surface area contributed by atoms with Crippen LogP contribution in [0.2, 0.25) is 0 Å². The maximum atomic E-state index is 13.4. The molecule has 9 heteroatoms. The van der Waals surface area contributed by atoms with E-state index < -0.39 is 23.4 Å². The third-order valence-corrected chi connectivity index (χ3v) is 3.43. The second-order valence-electron chi connectivity index (χ2n) is 5.08. The number of hydrogen-bond donors (Lipinski definition) is 1. The Bertz CT molecular complexity index is 951. The first-order valence-corrected chi connectivity index (χ1v) is 7.23. The number of aromatic nitrogens is 3. The highest BCUT2D eigenvalue weighted by Crippen LogP contribution is 2.33. The lowest BCUT2D eigenvalue weighted by Gasteiger charge is -2.12. The van der Waals surface area contributed by atoms with E-state index in [4.69, 9.17) is 9.84 Å². The molecule has 1 N–H and O–H groups in total. The van der Waals surface area contributed by atoms with Gasteiger partial charge in [0.2, 0.25) is 0 Å². The molecule has 0 fully saturated rings. The van der Waals surface area contributed by atoms with Crippen LogP contribution in [0.3, 0.4) is 0 Å². The van der Waals surface area contributed by atoms with Gasteiger partial charge in [-0.15, -0.1) is 0 Å². The molecule has 6 nitrogen and oxygen atoms in total. The summed E-state index contributed by atoms with van der Waals surface area (Å²) in [5.74, 6) is -0.932. The number of carboxylic acid groups (broad SMARTS) is 1. The topological polar surface area (TPSA) is 76.7 Å².